The average Bonchev–Trinajstić information content (AvgIpc) is 2.95. The fourth-order valence-electron chi connectivity index (χ4n) is 6.06. The van der Waals surface area contributed by atoms with Gasteiger partial charge >= 0.3 is 5.92 Å². The molecule has 5 rings (SSSR count). The molecule has 232 valence electrons. The summed E-state index contributed by atoms with van der Waals surface area (Å²) in [4.78, 5) is 23.2. The van der Waals surface area contributed by atoms with Crippen LogP contribution in [0.2, 0.25) is 0 Å². The van der Waals surface area contributed by atoms with E-state index in [0.717, 1.165) is 12.8 Å². The molecule has 1 unspecified atom stereocenters. The van der Waals surface area contributed by atoms with Crippen LogP contribution in [-0.2, 0) is 22.3 Å². The van der Waals surface area contributed by atoms with Crippen molar-refractivity contribution in [2.75, 3.05) is 16.8 Å². The average molecular weight is 615 g/mol. The van der Waals surface area contributed by atoms with Crippen molar-refractivity contribution in [3.8, 4) is 0 Å². The number of aromatic nitrogens is 3. The van der Waals surface area contributed by atoms with Crippen LogP contribution in [0.5, 0.6) is 0 Å². The van der Waals surface area contributed by atoms with Crippen molar-refractivity contribution in [3.05, 3.63) is 75.4 Å². The molecule has 2 aliphatic heterocycles. The lowest BCUT2D eigenvalue weighted by atomic mass is 9.87. The van der Waals surface area contributed by atoms with Gasteiger partial charge in [-0.2, -0.15) is 8.78 Å². The second-order valence-electron chi connectivity index (χ2n) is 12.2. The number of halogens is 2. The van der Waals surface area contributed by atoms with E-state index in [0.29, 0.717) is 66.0 Å². The van der Waals surface area contributed by atoms with Crippen molar-refractivity contribution >= 4 is 26.7 Å². The minimum Gasteiger partial charge on any atom is -0.383 e. The molecule has 2 aromatic heterocycles. The Hall–Kier alpha value is -3.18. The van der Waals surface area contributed by atoms with E-state index in [1.807, 2.05) is 13.0 Å². The Kier molecular flexibility index (Phi) is 8.77. The number of aliphatic hydroxyl groups is 1. The Morgan fingerprint density at radius 3 is 2.56 bits per heavy atom. The van der Waals surface area contributed by atoms with Crippen LogP contribution in [0.4, 0.5) is 14.6 Å². The van der Waals surface area contributed by atoms with E-state index >= 15 is 8.78 Å². The zero-order valence-electron chi connectivity index (χ0n) is 24.9. The molecule has 2 atom stereocenters. The molecule has 4 heterocycles. The molecule has 43 heavy (non-hydrogen) atoms. The van der Waals surface area contributed by atoms with Gasteiger partial charge in [-0.15, -0.1) is 0 Å². The summed E-state index contributed by atoms with van der Waals surface area (Å²) in [6.07, 6.45) is 6.97. The Labute approximate surface area is 251 Å². The first-order valence-corrected chi connectivity index (χ1v) is 16.9. The van der Waals surface area contributed by atoms with E-state index in [1.54, 1.807) is 35.8 Å². The molecule has 2 N–H and O–H groups in total. The molecule has 8 nitrogen and oxygen atoms in total. The van der Waals surface area contributed by atoms with E-state index < -0.39 is 27.4 Å². The summed E-state index contributed by atoms with van der Waals surface area (Å²) < 4.78 is 57.2. The van der Waals surface area contributed by atoms with Gasteiger partial charge < -0.3 is 10.4 Å². The minimum absolute atomic E-state index is 0.0447. The number of anilines is 1. The Balaban J connectivity index is 1.63. The predicted octanol–water partition coefficient (Wildman–Crippen LogP) is 5.93. The number of benzene rings is 1. The van der Waals surface area contributed by atoms with Crippen LogP contribution >= 0.6 is 0 Å². The van der Waals surface area contributed by atoms with Gasteiger partial charge in [-0.1, -0.05) is 36.8 Å². The lowest BCUT2D eigenvalue weighted by Gasteiger charge is -2.32. The van der Waals surface area contributed by atoms with Crippen molar-refractivity contribution in [1.82, 2.24) is 14.5 Å². The number of alkyl halides is 2. The lowest BCUT2D eigenvalue weighted by molar-refractivity contribution is -0.176. The van der Waals surface area contributed by atoms with E-state index in [9.17, 15) is 18.3 Å². The van der Waals surface area contributed by atoms with Crippen molar-refractivity contribution in [2.45, 2.75) is 95.7 Å². The number of allylic oxidation sites excluding steroid dienone is 1. The maximum atomic E-state index is 15.6. The Morgan fingerprint density at radius 1 is 1.07 bits per heavy atom. The molecular formula is C32H40F2N4O4S. The molecule has 6 bridgehead atoms. The summed E-state index contributed by atoms with van der Waals surface area (Å²) >= 11 is 0. The number of hydrogen-bond acceptors (Lipinski definition) is 7. The zero-order chi connectivity index (χ0) is 31.0. The van der Waals surface area contributed by atoms with Gasteiger partial charge in [-0.05, 0) is 76.5 Å². The van der Waals surface area contributed by atoms with Gasteiger partial charge in [-0.25, -0.2) is 18.4 Å². The van der Waals surface area contributed by atoms with Crippen LogP contribution in [0.15, 0.2) is 47.3 Å². The topological polar surface area (TPSA) is 114 Å². The van der Waals surface area contributed by atoms with Crippen LogP contribution in [-0.4, -0.2) is 45.2 Å². The highest BCUT2D eigenvalue weighted by Crippen LogP contribution is 2.42. The molecule has 0 saturated carbocycles. The van der Waals surface area contributed by atoms with Crippen LogP contribution in [0, 0.1) is 6.92 Å². The zero-order valence-corrected chi connectivity index (χ0v) is 25.8. The normalized spacial score (nSPS) is 25.8. The number of aryl methyl sites for hydroxylation is 2. The third-order valence-electron chi connectivity index (χ3n) is 8.79. The van der Waals surface area contributed by atoms with Gasteiger partial charge in [0.05, 0.1) is 16.9 Å². The molecule has 0 aliphatic carbocycles. The van der Waals surface area contributed by atoms with E-state index in [1.165, 1.54) is 19.1 Å². The first-order chi connectivity index (χ1) is 20.3. The van der Waals surface area contributed by atoms with Gasteiger partial charge in [0.2, 0.25) is 0 Å². The van der Waals surface area contributed by atoms with Crippen LogP contribution in [0.3, 0.4) is 0 Å². The highest BCUT2D eigenvalue weighted by Gasteiger charge is 2.49. The maximum Gasteiger partial charge on any atom is 0.301 e. The molecule has 1 saturated heterocycles. The maximum absolute atomic E-state index is 15.6. The molecule has 11 heteroatoms. The molecular weight excluding hydrogens is 574 g/mol. The summed E-state index contributed by atoms with van der Waals surface area (Å²) in [5.41, 5.74) is -1.07. The van der Waals surface area contributed by atoms with Crippen LogP contribution in [0.25, 0.3) is 11.0 Å². The van der Waals surface area contributed by atoms with Gasteiger partial charge in [0.1, 0.15) is 32.7 Å². The largest absolute Gasteiger partial charge is 0.383 e. The standard InChI is InChI=1S/C32H40F2N4O4S/c1-21-24-11-10-12-25(19-24)32(33,34)31(3,40)15-8-6-4-5-7-9-16-38-29-27(28(35-21)36-22(2)37-29)20-26(30(38)39)23-13-17-43(41,42)18-14-23/h6,8,10-12,19-21,23,40H,4-5,7,9,13-18H2,1-3H3,(H,35,36,37)/b8-6-/t21-,31?/m1/s1. The number of sulfone groups is 1. The fourth-order valence-corrected chi connectivity index (χ4v) is 7.55. The predicted molar refractivity (Wildman–Crippen MR) is 164 cm³/mol. The van der Waals surface area contributed by atoms with Gasteiger partial charge in [0.15, 0.2) is 0 Å². The number of pyridine rings is 1. The molecule has 0 radical (unpaired) electrons. The van der Waals surface area contributed by atoms with Crippen LogP contribution in [0.1, 0.15) is 93.3 Å². The third-order valence-corrected chi connectivity index (χ3v) is 10.5. The Bertz CT molecular complexity index is 1690. The van der Waals surface area contributed by atoms with Crippen molar-refractivity contribution in [3.63, 3.8) is 0 Å². The van der Waals surface area contributed by atoms with Crippen molar-refractivity contribution in [1.29, 1.82) is 0 Å². The summed E-state index contributed by atoms with van der Waals surface area (Å²) in [6, 6.07) is 7.38. The van der Waals surface area contributed by atoms with Crippen LogP contribution < -0.4 is 10.9 Å². The highest BCUT2D eigenvalue weighted by atomic mass is 32.2. The van der Waals surface area contributed by atoms with E-state index in [-0.39, 0.29) is 35.0 Å². The third kappa shape index (κ3) is 6.52. The smallest absolute Gasteiger partial charge is 0.301 e. The van der Waals surface area contributed by atoms with Gasteiger partial charge in [0, 0.05) is 30.1 Å². The van der Waals surface area contributed by atoms with Gasteiger partial charge in [0.25, 0.3) is 5.56 Å². The first-order valence-electron chi connectivity index (χ1n) is 15.0. The summed E-state index contributed by atoms with van der Waals surface area (Å²) in [6.45, 7) is 5.19. The van der Waals surface area contributed by atoms with Gasteiger partial charge in [-0.3, -0.25) is 9.36 Å². The molecule has 1 aromatic carbocycles. The van der Waals surface area contributed by atoms with Crippen molar-refractivity contribution in [2.24, 2.45) is 0 Å². The number of rotatable bonds is 1. The number of hydrogen-bond donors (Lipinski definition) is 2. The summed E-state index contributed by atoms with van der Waals surface area (Å²) in [7, 11) is -3.11. The SMILES string of the molecule is Cc1nc2c3cc(C4CCS(=O)(=O)CC4)c(=O)n(c3n1)CCCCC/C=C\CC(C)(O)C(F)(F)c1cccc(c1)[C@@H](C)N2. The number of nitrogens with one attached hydrogen (secondary N) is 1. The quantitative estimate of drug-likeness (QED) is 0.327. The lowest BCUT2D eigenvalue weighted by Crippen LogP contribution is -2.42. The summed E-state index contributed by atoms with van der Waals surface area (Å²) in [5.74, 6) is -2.67. The monoisotopic (exact) mass is 614 g/mol. The van der Waals surface area contributed by atoms with E-state index in [2.05, 4.69) is 15.3 Å². The second kappa shape index (κ2) is 12.1. The molecule has 0 amide bonds. The number of fused-ring (bicyclic) bond motifs is 2. The fraction of sp³-hybridized carbons (Fsp3) is 0.531. The first kappa shape index (κ1) is 31.3. The minimum atomic E-state index is -3.49. The molecule has 1 fully saturated rings. The number of nitrogens with zero attached hydrogens (tertiary/aromatic N) is 3. The highest BCUT2D eigenvalue weighted by molar-refractivity contribution is 7.91. The Morgan fingerprint density at radius 2 is 1.81 bits per heavy atom. The molecule has 2 aliphatic rings. The second-order valence-corrected chi connectivity index (χ2v) is 14.5. The molecule has 3 aromatic rings. The van der Waals surface area contributed by atoms with Crippen molar-refractivity contribution < 1.29 is 22.3 Å². The summed E-state index contributed by atoms with van der Waals surface area (Å²) in [5, 5.41) is 14.8. The van der Waals surface area contributed by atoms with E-state index in [4.69, 9.17) is 0 Å². The molecule has 0 spiro atoms.